The highest BCUT2D eigenvalue weighted by atomic mass is 16.3. The summed E-state index contributed by atoms with van der Waals surface area (Å²) >= 11 is 0. The Morgan fingerprint density at radius 3 is 2.65 bits per heavy atom. The minimum atomic E-state index is 0.339. The zero-order valence-corrected chi connectivity index (χ0v) is 9.85. The van der Waals surface area contributed by atoms with Gasteiger partial charge in [-0.1, -0.05) is 18.2 Å². The molecule has 2 N–H and O–H groups in total. The fraction of sp³-hybridized carbons (Fsp3) is 0.214. The Hall–Kier alpha value is -1.87. The van der Waals surface area contributed by atoms with E-state index in [1.165, 1.54) is 11.1 Å². The molecule has 0 atom stereocenters. The fourth-order valence-corrected chi connectivity index (χ4v) is 1.69. The number of phenols is 1. The lowest BCUT2D eigenvalue weighted by Gasteiger charge is -2.08. The Balaban J connectivity index is 1.93. The number of aromatic nitrogens is 1. The molecule has 0 unspecified atom stereocenters. The van der Waals surface area contributed by atoms with Crippen molar-refractivity contribution >= 4 is 0 Å². The quantitative estimate of drug-likeness (QED) is 0.844. The van der Waals surface area contributed by atoms with Gasteiger partial charge in [-0.05, 0) is 30.2 Å². The number of para-hydroxylation sites is 1. The molecule has 0 aliphatic rings. The van der Waals surface area contributed by atoms with E-state index in [0.717, 1.165) is 12.1 Å². The lowest BCUT2D eigenvalue weighted by molar-refractivity contribution is 0.464. The number of phenolic OH excluding ortho intramolecular Hbond substituents is 1. The number of hydrogen-bond donors (Lipinski definition) is 2. The molecule has 0 spiro atoms. The lowest BCUT2D eigenvalue weighted by atomic mass is 10.1. The number of pyridine rings is 1. The van der Waals surface area contributed by atoms with Gasteiger partial charge in [-0.3, -0.25) is 4.98 Å². The third kappa shape index (κ3) is 3.04. The highest BCUT2D eigenvalue weighted by Crippen LogP contribution is 2.15. The Labute approximate surface area is 101 Å². The van der Waals surface area contributed by atoms with Crippen LogP contribution in [0.2, 0.25) is 0 Å². The van der Waals surface area contributed by atoms with Crippen LogP contribution in [0.4, 0.5) is 0 Å². The third-order valence-electron chi connectivity index (χ3n) is 2.76. The number of benzene rings is 1. The average molecular weight is 228 g/mol. The molecule has 1 heterocycles. The number of nitrogens with one attached hydrogen (secondary N) is 1. The van der Waals surface area contributed by atoms with Crippen LogP contribution in [0.25, 0.3) is 0 Å². The first-order valence-electron chi connectivity index (χ1n) is 5.64. The van der Waals surface area contributed by atoms with Gasteiger partial charge in [0.25, 0.3) is 0 Å². The van der Waals surface area contributed by atoms with Crippen molar-refractivity contribution in [2.45, 2.75) is 20.0 Å². The van der Waals surface area contributed by atoms with E-state index in [1.807, 2.05) is 37.4 Å². The van der Waals surface area contributed by atoms with Crippen molar-refractivity contribution in [1.82, 2.24) is 10.3 Å². The molecule has 0 saturated carbocycles. The summed E-state index contributed by atoms with van der Waals surface area (Å²) < 4.78 is 0. The molecule has 3 heteroatoms. The Kier molecular flexibility index (Phi) is 3.73. The van der Waals surface area contributed by atoms with Gasteiger partial charge in [0, 0.05) is 31.0 Å². The van der Waals surface area contributed by atoms with Crippen molar-refractivity contribution in [2.75, 3.05) is 0 Å². The SMILES string of the molecule is Cc1cnccc1CNCc1ccccc1O. The second kappa shape index (κ2) is 5.46. The summed E-state index contributed by atoms with van der Waals surface area (Å²) in [6.45, 7) is 3.49. The molecule has 0 saturated heterocycles. The number of aryl methyl sites for hydroxylation is 1. The maximum Gasteiger partial charge on any atom is 0.120 e. The summed E-state index contributed by atoms with van der Waals surface area (Å²) in [6, 6.07) is 9.38. The van der Waals surface area contributed by atoms with Crippen LogP contribution >= 0.6 is 0 Å². The zero-order chi connectivity index (χ0) is 12.1. The molecule has 0 amide bonds. The Bertz CT molecular complexity index is 452. The first-order valence-corrected chi connectivity index (χ1v) is 5.64. The molecule has 88 valence electrons. The van der Waals surface area contributed by atoms with Gasteiger partial charge in [0.1, 0.15) is 5.75 Å². The maximum atomic E-state index is 9.61. The highest BCUT2D eigenvalue weighted by molar-refractivity contribution is 5.31. The van der Waals surface area contributed by atoms with Crippen LogP contribution in [-0.4, -0.2) is 10.1 Å². The van der Waals surface area contributed by atoms with Crippen molar-refractivity contribution < 1.29 is 5.11 Å². The zero-order valence-electron chi connectivity index (χ0n) is 9.85. The summed E-state index contributed by atoms with van der Waals surface area (Å²) in [6.07, 6.45) is 3.65. The second-order valence-electron chi connectivity index (χ2n) is 4.03. The van der Waals surface area contributed by atoms with Crippen LogP contribution < -0.4 is 5.32 Å². The van der Waals surface area contributed by atoms with E-state index in [2.05, 4.69) is 10.3 Å². The van der Waals surface area contributed by atoms with Crippen LogP contribution in [0, 0.1) is 6.92 Å². The molecule has 1 aromatic carbocycles. The minimum Gasteiger partial charge on any atom is -0.508 e. The van der Waals surface area contributed by atoms with E-state index in [0.29, 0.717) is 12.3 Å². The highest BCUT2D eigenvalue weighted by Gasteiger charge is 2.00. The molecule has 2 aromatic rings. The molecule has 0 aliphatic heterocycles. The predicted octanol–water partition coefficient (Wildman–Crippen LogP) is 2.39. The van der Waals surface area contributed by atoms with Crippen LogP contribution in [0.15, 0.2) is 42.7 Å². The van der Waals surface area contributed by atoms with Crippen molar-refractivity contribution in [3.05, 3.63) is 59.4 Å². The van der Waals surface area contributed by atoms with E-state index in [-0.39, 0.29) is 0 Å². The van der Waals surface area contributed by atoms with Gasteiger partial charge in [-0.25, -0.2) is 0 Å². The molecule has 1 aromatic heterocycles. The third-order valence-corrected chi connectivity index (χ3v) is 2.76. The van der Waals surface area contributed by atoms with Gasteiger partial charge in [0.15, 0.2) is 0 Å². The van der Waals surface area contributed by atoms with Gasteiger partial charge in [0.2, 0.25) is 0 Å². The summed E-state index contributed by atoms with van der Waals surface area (Å²) in [5.41, 5.74) is 3.33. The van der Waals surface area contributed by atoms with Crippen LogP contribution in [-0.2, 0) is 13.1 Å². The average Bonchev–Trinajstić information content (AvgIpc) is 2.34. The van der Waals surface area contributed by atoms with Crippen molar-refractivity contribution in [1.29, 1.82) is 0 Å². The first kappa shape index (κ1) is 11.6. The van der Waals surface area contributed by atoms with Crippen LogP contribution in [0.3, 0.4) is 0 Å². The van der Waals surface area contributed by atoms with E-state index in [4.69, 9.17) is 0 Å². The molecule has 3 nitrogen and oxygen atoms in total. The molecular weight excluding hydrogens is 212 g/mol. The van der Waals surface area contributed by atoms with Gasteiger partial charge in [0.05, 0.1) is 0 Å². The molecule has 2 rings (SSSR count). The smallest absolute Gasteiger partial charge is 0.120 e. The fourth-order valence-electron chi connectivity index (χ4n) is 1.69. The number of rotatable bonds is 4. The standard InChI is InChI=1S/C14H16N2O/c1-11-8-15-7-6-12(11)9-16-10-13-4-2-3-5-14(13)17/h2-8,16-17H,9-10H2,1H3. The van der Waals surface area contributed by atoms with Crippen molar-refractivity contribution in [2.24, 2.45) is 0 Å². The molecule has 0 bridgehead atoms. The number of nitrogens with zero attached hydrogens (tertiary/aromatic N) is 1. The largest absolute Gasteiger partial charge is 0.508 e. The topological polar surface area (TPSA) is 45.2 Å². The monoisotopic (exact) mass is 228 g/mol. The number of hydrogen-bond acceptors (Lipinski definition) is 3. The first-order chi connectivity index (χ1) is 8.27. The number of aromatic hydroxyl groups is 1. The minimum absolute atomic E-state index is 0.339. The van der Waals surface area contributed by atoms with Crippen molar-refractivity contribution in [3.63, 3.8) is 0 Å². The van der Waals surface area contributed by atoms with Gasteiger partial charge in [-0.2, -0.15) is 0 Å². The predicted molar refractivity (Wildman–Crippen MR) is 67.6 cm³/mol. The molecule has 0 aliphatic carbocycles. The van der Waals surface area contributed by atoms with Gasteiger partial charge in [-0.15, -0.1) is 0 Å². The molecule has 0 fully saturated rings. The van der Waals surface area contributed by atoms with Crippen LogP contribution in [0.1, 0.15) is 16.7 Å². The summed E-state index contributed by atoms with van der Waals surface area (Å²) in [7, 11) is 0. The summed E-state index contributed by atoms with van der Waals surface area (Å²) in [5.74, 6) is 0.339. The summed E-state index contributed by atoms with van der Waals surface area (Å²) in [5, 5.41) is 12.9. The van der Waals surface area contributed by atoms with E-state index in [1.54, 1.807) is 12.3 Å². The van der Waals surface area contributed by atoms with Gasteiger partial charge >= 0.3 is 0 Å². The second-order valence-corrected chi connectivity index (χ2v) is 4.03. The van der Waals surface area contributed by atoms with E-state index < -0.39 is 0 Å². The van der Waals surface area contributed by atoms with E-state index >= 15 is 0 Å². The normalized spacial score (nSPS) is 10.4. The molecular formula is C14H16N2O. The van der Waals surface area contributed by atoms with Gasteiger partial charge < -0.3 is 10.4 Å². The van der Waals surface area contributed by atoms with Crippen LogP contribution in [0.5, 0.6) is 5.75 Å². The Morgan fingerprint density at radius 1 is 1.12 bits per heavy atom. The van der Waals surface area contributed by atoms with E-state index in [9.17, 15) is 5.11 Å². The maximum absolute atomic E-state index is 9.61. The van der Waals surface area contributed by atoms with Crippen molar-refractivity contribution in [3.8, 4) is 5.75 Å². The molecule has 17 heavy (non-hydrogen) atoms. The molecule has 0 radical (unpaired) electrons. The lowest BCUT2D eigenvalue weighted by Crippen LogP contribution is -2.13. The summed E-state index contributed by atoms with van der Waals surface area (Å²) in [4.78, 5) is 4.06. The Morgan fingerprint density at radius 2 is 1.88 bits per heavy atom.